The van der Waals surface area contributed by atoms with Gasteiger partial charge in [0.1, 0.15) is 11.9 Å². The summed E-state index contributed by atoms with van der Waals surface area (Å²) in [5.41, 5.74) is 8.87. The molecule has 0 aliphatic carbocycles. The number of nitrogens with one attached hydrogen (secondary N) is 3. The summed E-state index contributed by atoms with van der Waals surface area (Å²) in [5.74, 6) is -1.90. The van der Waals surface area contributed by atoms with E-state index in [1.165, 1.54) is 11.0 Å². The molecule has 0 bridgehead atoms. The average molecular weight is 832 g/mol. The number of piperidine rings is 1. The lowest BCUT2D eigenvalue weighted by Crippen LogP contribution is -2.52. The molecule has 4 amide bonds. The highest BCUT2D eigenvalue weighted by Crippen LogP contribution is 2.35. The fourth-order valence-electron chi connectivity index (χ4n) is 9.42. The number of fused-ring (bicyclic) bond motifs is 1. The Balaban J connectivity index is 0.958. The minimum absolute atomic E-state index is 0.118. The third kappa shape index (κ3) is 8.69. The van der Waals surface area contributed by atoms with Crippen LogP contribution in [0, 0.1) is 26.6 Å². The molecule has 3 aromatic carbocycles. The van der Waals surface area contributed by atoms with Gasteiger partial charge in [0.15, 0.2) is 0 Å². The molecule has 3 N–H and O–H groups in total. The number of aromatic amines is 1. The molecule has 8 rings (SSSR count). The van der Waals surface area contributed by atoms with Gasteiger partial charge in [0.2, 0.25) is 11.8 Å². The monoisotopic (exact) mass is 831 g/mol. The van der Waals surface area contributed by atoms with Gasteiger partial charge in [0.05, 0.1) is 0 Å². The van der Waals surface area contributed by atoms with Gasteiger partial charge in [-0.2, -0.15) is 0 Å². The van der Waals surface area contributed by atoms with E-state index in [0.717, 1.165) is 71.8 Å². The van der Waals surface area contributed by atoms with Gasteiger partial charge in [-0.15, -0.1) is 0 Å². The van der Waals surface area contributed by atoms with Crippen molar-refractivity contribution < 1.29 is 28.3 Å². The minimum atomic E-state index is -0.744. The van der Waals surface area contributed by atoms with E-state index in [-0.39, 0.29) is 60.8 Å². The molecule has 4 aromatic rings. The number of hydrogen-bond donors (Lipinski definition) is 3. The number of nitrogens with zero attached hydrogens (tertiary/aromatic N) is 4. The van der Waals surface area contributed by atoms with Crippen LogP contribution in [0.4, 0.5) is 15.8 Å². The Labute approximate surface area is 355 Å². The summed E-state index contributed by atoms with van der Waals surface area (Å²) in [5, 5.41) is 5.35. The lowest BCUT2D eigenvalue weighted by molar-refractivity contribution is -0.136. The number of imide groups is 1. The fourth-order valence-corrected chi connectivity index (χ4v) is 9.42. The van der Waals surface area contributed by atoms with E-state index in [4.69, 9.17) is 4.74 Å². The molecule has 3 fully saturated rings. The Kier molecular flexibility index (Phi) is 12.1. The number of rotatable bonds is 11. The van der Waals surface area contributed by atoms with Crippen LogP contribution in [0.5, 0.6) is 0 Å². The molecule has 14 heteroatoms. The van der Waals surface area contributed by atoms with Crippen LogP contribution in [0.25, 0.3) is 11.1 Å². The van der Waals surface area contributed by atoms with E-state index >= 15 is 4.39 Å². The fraction of sp³-hybridized carbons (Fsp3) is 0.426. The summed E-state index contributed by atoms with van der Waals surface area (Å²) in [7, 11) is 0. The maximum absolute atomic E-state index is 15.4. The van der Waals surface area contributed by atoms with Crippen LogP contribution in [0.1, 0.15) is 86.8 Å². The van der Waals surface area contributed by atoms with E-state index in [2.05, 4.69) is 67.6 Å². The third-order valence-electron chi connectivity index (χ3n) is 12.8. The number of ether oxygens (including phenoxy) is 1. The zero-order chi connectivity index (χ0) is 42.9. The summed E-state index contributed by atoms with van der Waals surface area (Å²) in [4.78, 5) is 75.3. The molecule has 3 saturated heterocycles. The number of benzene rings is 3. The predicted molar refractivity (Wildman–Crippen MR) is 231 cm³/mol. The van der Waals surface area contributed by atoms with Gasteiger partial charge in [0, 0.05) is 117 Å². The van der Waals surface area contributed by atoms with Crippen LogP contribution >= 0.6 is 0 Å². The largest absolute Gasteiger partial charge is 0.381 e. The van der Waals surface area contributed by atoms with Crippen molar-refractivity contribution in [1.29, 1.82) is 0 Å². The Bertz CT molecular complexity index is 2420. The number of carbonyl (C=O) groups excluding carboxylic acids is 4. The van der Waals surface area contributed by atoms with Crippen molar-refractivity contribution in [3.05, 3.63) is 115 Å². The maximum Gasteiger partial charge on any atom is 0.255 e. The van der Waals surface area contributed by atoms with E-state index in [9.17, 15) is 24.0 Å². The first-order chi connectivity index (χ1) is 29.4. The molecule has 5 heterocycles. The second-order valence-electron chi connectivity index (χ2n) is 16.7. The third-order valence-corrected chi connectivity index (χ3v) is 12.8. The number of carbonyl (C=O) groups is 4. The lowest BCUT2D eigenvalue weighted by Gasteiger charge is -2.37. The van der Waals surface area contributed by atoms with Crippen molar-refractivity contribution in [3.8, 4) is 11.1 Å². The molecular formula is C47H54FN7O6. The maximum atomic E-state index is 15.4. The summed E-state index contributed by atoms with van der Waals surface area (Å²) in [6.07, 6.45) is 2.24. The van der Waals surface area contributed by atoms with E-state index in [0.29, 0.717) is 55.1 Å². The van der Waals surface area contributed by atoms with Crippen molar-refractivity contribution in [2.45, 2.75) is 85.1 Å². The summed E-state index contributed by atoms with van der Waals surface area (Å²) >= 11 is 0. The normalized spacial score (nSPS) is 18.6. The van der Waals surface area contributed by atoms with Crippen LogP contribution in [0.2, 0.25) is 0 Å². The molecule has 0 spiro atoms. The number of halogens is 1. The topological polar surface area (TPSA) is 147 Å². The van der Waals surface area contributed by atoms with Gasteiger partial charge in [0.25, 0.3) is 17.4 Å². The first-order valence-electron chi connectivity index (χ1n) is 21.4. The molecule has 0 saturated carbocycles. The van der Waals surface area contributed by atoms with Gasteiger partial charge in [-0.1, -0.05) is 12.1 Å². The quantitative estimate of drug-likeness (QED) is 0.175. The summed E-state index contributed by atoms with van der Waals surface area (Å²) in [6.45, 7) is 13.7. The first kappa shape index (κ1) is 41.9. The van der Waals surface area contributed by atoms with Crippen LogP contribution in [0.15, 0.2) is 59.4 Å². The predicted octanol–water partition coefficient (Wildman–Crippen LogP) is 5.12. The van der Waals surface area contributed by atoms with Crippen LogP contribution in [-0.2, 0) is 34.0 Å². The Hall–Kier alpha value is -5.86. The average Bonchev–Trinajstić information content (AvgIpc) is 3.55. The molecule has 61 heavy (non-hydrogen) atoms. The van der Waals surface area contributed by atoms with Crippen molar-refractivity contribution >= 4 is 35.0 Å². The first-order valence-corrected chi connectivity index (χ1v) is 21.4. The molecule has 0 radical (unpaired) electrons. The molecule has 1 aromatic heterocycles. The Morgan fingerprint density at radius 3 is 2.34 bits per heavy atom. The molecule has 320 valence electrons. The standard InChI is InChI=1S/C47H54FN7O6/c1-5-54(36-12-18-61-19-13-36)42-23-32(22-37(30(42)4)44(57)49-25-39-28(2)20-29(3)50-45(39)58)31-6-8-35(9-7-31)53-16-14-52(15-17-53)26-34-21-33-27-55(47(60)38(33)24-40(34)48)41-10-11-43(56)51-46(41)59/h6-9,20-24,36,41H,5,10-19,25-27H2,1-4H3,(H,49,57)(H,50,58)(H,51,56,59). The highest BCUT2D eigenvalue weighted by molar-refractivity contribution is 6.05. The lowest BCUT2D eigenvalue weighted by atomic mass is 9.95. The molecule has 4 aliphatic rings. The zero-order valence-corrected chi connectivity index (χ0v) is 35.4. The summed E-state index contributed by atoms with van der Waals surface area (Å²) < 4.78 is 21.1. The second kappa shape index (κ2) is 17.6. The van der Waals surface area contributed by atoms with Gasteiger partial charge in [-0.05, 0) is 117 Å². The van der Waals surface area contributed by atoms with E-state index in [1.807, 2.05) is 32.9 Å². The van der Waals surface area contributed by atoms with E-state index in [1.54, 1.807) is 6.07 Å². The SMILES string of the molecule is CCN(c1cc(-c2ccc(N3CCN(Cc4cc5c(cc4F)C(=O)N(C4CCC(=O)NC4=O)C5)CC3)cc2)cc(C(=O)NCc2c(C)cc(C)[nH]c2=O)c1C)C1CCOCC1. The highest BCUT2D eigenvalue weighted by atomic mass is 19.1. The van der Waals surface area contributed by atoms with Gasteiger partial charge < -0.3 is 29.7 Å². The van der Waals surface area contributed by atoms with Gasteiger partial charge in [-0.25, -0.2) is 4.39 Å². The van der Waals surface area contributed by atoms with Crippen LogP contribution in [0.3, 0.4) is 0 Å². The Morgan fingerprint density at radius 2 is 1.66 bits per heavy atom. The molecule has 13 nitrogen and oxygen atoms in total. The van der Waals surface area contributed by atoms with Crippen molar-refractivity contribution in [3.63, 3.8) is 0 Å². The molecular weight excluding hydrogens is 778 g/mol. The second-order valence-corrected chi connectivity index (χ2v) is 16.7. The number of pyridine rings is 1. The number of aromatic nitrogens is 1. The molecule has 4 aliphatic heterocycles. The highest BCUT2D eigenvalue weighted by Gasteiger charge is 2.40. The van der Waals surface area contributed by atoms with Crippen LogP contribution < -0.4 is 26.0 Å². The minimum Gasteiger partial charge on any atom is -0.381 e. The molecule has 1 atom stereocenters. The van der Waals surface area contributed by atoms with Crippen molar-refractivity contribution in [1.82, 2.24) is 25.4 Å². The number of anilines is 2. The van der Waals surface area contributed by atoms with Crippen molar-refractivity contribution in [2.24, 2.45) is 0 Å². The van der Waals surface area contributed by atoms with Gasteiger partial charge in [-0.3, -0.25) is 34.2 Å². The van der Waals surface area contributed by atoms with Crippen molar-refractivity contribution in [2.75, 3.05) is 55.7 Å². The number of amides is 4. The number of H-pyrrole nitrogens is 1. The number of piperazine rings is 1. The summed E-state index contributed by atoms with van der Waals surface area (Å²) in [6, 6.07) is 17.0. The van der Waals surface area contributed by atoms with Gasteiger partial charge >= 0.3 is 0 Å². The zero-order valence-electron chi connectivity index (χ0n) is 35.4. The number of hydrogen-bond acceptors (Lipinski definition) is 9. The number of aryl methyl sites for hydroxylation is 2. The van der Waals surface area contributed by atoms with Crippen LogP contribution in [-0.4, -0.2) is 96.4 Å². The smallest absolute Gasteiger partial charge is 0.255 e. The Morgan fingerprint density at radius 1 is 0.918 bits per heavy atom. The van der Waals surface area contributed by atoms with E-state index < -0.39 is 17.8 Å². The molecule has 1 unspecified atom stereocenters.